The SMILES string of the molecule is CCCNC1CCCc2cc(OCCC(F)(F)F)ccc21. The Morgan fingerprint density at radius 2 is 2.14 bits per heavy atom. The number of ether oxygens (including phenoxy) is 1. The van der Waals surface area contributed by atoms with Crippen LogP contribution >= 0.6 is 0 Å². The summed E-state index contributed by atoms with van der Waals surface area (Å²) in [5.74, 6) is 0.536. The summed E-state index contributed by atoms with van der Waals surface area (Å²) in [6.45, 7) is 2.79. The van der Waals surface area contributed by atoms with Gasteiger partial charge in [0.05, 0.1) is 13.0 Å². The number of alkyl halides is 3. The van der Waals surface area contributed by atoms with Crippen LogP contribution in [0.5, 0.6) is 5.75 Å². The van der Waals surface area contributed by atoms with Crippen LogP contribution in [-0.4, -0.2) is 19.3 Å². The van der Waals surface area contributed by atoms with Crippen LogP contribution in [0.4, 0.5) is 13.2 Å². The van der Waals surface area contributed by atoms with E-state index < -0.39 is 12.6 Å². The first kappa shape index (κ1) is 16.1. The van der Waals surface area contributed by atoms with Gasteiger partial charge in [-0.1, -0.05) is 13.0 Å². The zero-order chi connectivity index (χ0) is 15.3. The maximum atomic E-state index is 12.1. The average Bonchev–Trinajstić information content (AvgIpc) is 2.43. The van der Waals surface area contributed by atoms with E-state index in [1.165, 1.54) is 11.1 Å². The molecule has 118 valence electrons. The molecule has 0 fully saturated rings. The summed E-state index contributed by atoms with van der Waals surface area (Å²) in [6, 6.07) is 6.02. The van der Waals surface area contributed by atoms with Gasteiger partial charge in [-0.05, 0) is 55.5 Å². The molecule has 1 aliphatic rings. The van der Waals surface area contributed by atoms with E-state index in [1.54, 1.807) is 6.07 Å². The van der Waals surface area contributed by atoms with Gasteiger partial charge in [0, 0.05) is 6.04 Å². The number of aryl methyl sites for hydroxylation is 1. The number of hydrogen-bond donors (Lipinski definition) is 1. The van der Waals surface area contributed by atoms with E-state index in [9.17, 15) is 13.2 Å². The number of hydrogen-bond acceptors (Lipinski definition) is 2. The predicted molar refractivity (Wildman–Crippen MR) is 76.6 cm³/mol. The Bertz CT molecular complexity index is 459. The topological polar surface area (TPSA) is 21.3 Å². The van der Waals surface area contributed by atoms with Crippen molar-refractivity contribution >= 4 is 0 Å². The molecule has 2 rings (SSSR count). The number of rotatable bonds is 6. The summed E-state index contributed by atoms with van der Waals surface area (Å²) < 4.78 is 41.6. The maximum Gasteiger partial charge on any atom is 0.392 e. The van der Waals surface area contributed by atoms with Gasteiger partial charge in [0.2, 0.25) is 0 Å². The summed E-state index contributed by atoms with van der Waals surface area (Å²) in [5.41, 5.74) is 2.46. The van der Waals surface area contributed by atoms with Crippen LogP contribution in [0, 0.1) is 0 Å². The summed E-state index contributed by atoms with van der Waals surface area (Å²) in [6.07, 6.45) is -0.809. The second kappa shape index (κ2) is 7.16. The molecule has 1 unspecified atom stereocenters. The first-order valence-corrected chi connectivity index (χ1v) is 7.55. The summed E-state index contributed by atoms with van der Waals surface area (Å²) in [7, 11) is 0. The van der Waals surface area contributed by atoms with Crippen molar-refractivity contribution in [2.75, 3.05) is 13.2 Å². The number of fused-ring (bicyclic) bond motifs is 1. The highest BCUT2D eigenvalue weighted by molar-refractivity contribution is 5.39. The lowest BCUT2D eigenvalue weighted by atomic mass is 9.87. The monoisotopic (exact) mass is 301 g/mol. The Hall–Kier alpha value is -1.23. The lowest BCUT2D eigenvalue weighted by Gasteiger charge is -2.27. The zero-order valence-electron chi connectivity index (χ0n) is 12.3. The fourth-order valence-electron chi connectivity index (χ4n) is 2.70. The molecule has 5 heteroatoms. The number of halogens is 3. The Morgan fingerprint density at radius 1 is 1.33 bits per heavy atom. The van der Waals surface area contributed by atoms with Crippen molar-refractivity contribution in [2.45, 2.75) is 51.2 Å². The molecule has 0 spiro atoms. The van der Waals surface area contributed by atoms with Crippen LogP contribution in [-0.2, 0) is 6.42 Å². The van der Waals surface area contributed by atoms with Crippen molar-refractivity contribution in [3.63, 3.8) is 0 Å². The van der Waals surface area contributed by atoms with Gasteiger partial charge in [0.25, 0.3) is 0 Å². The second-order valence-corrected chi connectivity index (χ2v) is 5.47. The molecule has 0 aromatic heterocycles. The first-order valence-electron chi connectivity index (χ1n) is 7.55. The highest BCUT2D eigenvalue weighted by atomic mass is 19.4. The normalized spacial score (nSPS) is 18.4. The van der Waals surface area contributed by atoms with Crippen molar-refractivity contribution < 1.29 is 17.9 Å². The molecule has 1 aromatic rings. The van der Waals surface area contributed by atoms with Crippen LogP contribution in [0.25, 0.3) is 0 Å². The van der Waals surface area contributed by atoms with E-state index in [0.717, 1.165) is 32.2 Å². The van der Waals surface area contributed by atoms with Gasteiger partial charge in [-0.25, -0.2) is 0 Å². The summed E-state index contributed by atoms with van der Waals surface area (Å²) in [4.78, 5) is 0. The Morgan fingerprint density at radius 3 is 2.86 bits per heavy atom. The minimum Gasteiger partial charge on any atom is -0.493 e. The molecule has 0 heterocycles. The Kier molecular flexibility index (Phi) is 5.51. The molecule has 1 aromatic carbocycles. The maximum absolute atomic E-state index is 12.1. The van der Waals surface area contributed by atoms with E-state index in [2.05, 4.69) is 12.2 Å². The van der Waals surface area contributed by atoms with Gasteiger partial charge in [-0.3, -0.25) is 0 Å². The van der Waals surface area contributed by atoms with Gasteiger partial charge < -0.3 is 10.1 Å². The highest BCUT2D eigenvalue weighted by Gasteiger charge is 2.27. The van der Waals surface area contributed by atoms with E-state index >= 15 is 0 Å². The Balaban J connectivity index is 1.98. The number of nitrogens with one attached hydrogen (secondary N) is 1. The molecule has 0 saturated heterocycles. The molecular formula is C16H22F3NO. The third-order valence-electron chi connectivity index (χ3n) is 3.72. The first-order chi connectivity index (χ1) is 9.99. The van der Waals surface area contributed by atoms with Gasteiger partial charge >= 0.3 is 6.18 Å². The second-order valence-electron chi connectivity index (χ2n) is 5.47. The van der Waals surface area contributed by atoms with Crippen LogP contribution in [0.2, 0.25) is 0 Å². The summed E-state index contributed by atoms with van der Waals surface area (Å²) in [5, 5.41) is 3.52. The molecule has 1 atom stereocenters. The minimum absolute atomic E-state index is 0.320. The number of benzene rings is 1. The lowest BCUT2D eigenvalue weighted by Crippen LogP contribution is -2.25. The summed E-state index contributed by atoms with van der Waals surface area (Å²) >= 11 is 0. The molecule has 21 heavy (non-hydrogen) atoms. The van der Waals surface area contributed by atoms with E-state index in [4.69, 9.17) is 4.74 Å². The molecule has 0 bridgehead atoms. The molecule has 0 amide bonds. The molecule has 2 nitrogen and oxygen atoms in total. The zero-order valence-corrected chi connectivity index (χ0v) is 12.3. The van der Waals surface area contributed by atoms with E-state index in [0.29, 0.717) is 11.8 Å². The van der Waals surface area contributed by atoms with Gasteiger partial charge in [0.1, 0.15) is 5.75 Å². The van der Waals surface area contributed by atoms with Crippen LogP contribution < -0.4 is 10.1 Å². The molecule has 0 saturated carbocycles. The van der Waals surface area contributed by atoms with Crippen molar-refractivity contribution in [2.24, 2.45) is 0 Å². The molecule has 0 aliphatic heterocycles. The highest BCUT2D eigenvalue weighted by Crippen LogP contribution is 2.32. The minimum atomic E-state index is -4.16. The van der Waals surface area contributed by atoms with Gasteiger partial charge in [-0.15, -0.1) is 0 Å². The standard InChI is InChI=1S/C16H22F3NO/c1-2-9-20-15-5-3-4-12-11-13(6-7-14(12)15)21-10-8-16(17,18)19/h6-7,11,15,20H,2-5,8-10H2,1H3. The third-order valence-corrected chi connectivity index (χ3v) is 3.72. The smallest absolute Gasteiger partial charge is 0.392 e. The molecular weight excluding hydrogens is 279 g/mol. The van der Waals surface area contributed by atoms with Crippen LogP contribution in [0.1, 0.15) is 49.8 Å². The van der Waals surface area contributed by atoms with Crippen molar-refractivity contribution in [3.8, 4) is 5.75 Å². The average molecular weight is 301 g/mol. The van der Waals surface area contributed by atoms with Crippen molar-refractivity contribution in [3.05, 3.63) is 29.3 Å². The van der Waals surface area contributed by atoms with Crippen molar-refractivity contribution in [1.82, 2.24) is 5.32 Å². The largest absolute Gasteiger partial charge is 0.493 e. The fraction of sp³-hybridized carbons (Fsp3) is 0.625. The predicted octanol–water partition coefficient (Wildman–Crippen LogP) is 4.39. The lowest BCUT2D eigenvalue weighted by molar-refractivity contribution is -0.139. The van der Waals surface area contributed by atoms with Crippen LogP contribution in [0.3, 0.4) is 0 Å². The molecule has 1 aliphatic carbocycles. The quantitative estimate of drug-likeness (QED) is 0.841. The fourth-order valence-corrected chi connectivity index (χ4v) is 2.70. The van der Waals surface area contributed by atoms with Gasteiger partial charge in [-0.2, -0.15) is 13.2 Å². The van der Waals surface area contributed by atoms with E-state index in [-0.39, 0.29) is 6.61 Å². The van der Waals surface area contributed by atoms with Crippen LogP contribution in [0.15, 0.2) is 18.2 Å². The van der Waals surface area contributed by atoms with Crippen molar-refractivity contribution in [1.29, 1.82) is 0 Å². The third kappa shape index (κ3) is 4.92. The molecule has 1 N–H and O–H groups in total. The van der Waals surface area contributed by atoms with E-state index in [1.807, 2.05) is 12.1 Å². The van der Waals surface area contributed by atoms with Gasteiger partial charge in [0.15, 0.2) is 0 Å². The molecule has 0 radical (unpaired) electrons. The Labute approximate surface area is 123 Å².